The van der Waals surface area contributed by atoms with Crippen LogP contribution in [0.1, 0.15) is 30.4 Å². The Hall–Kier alpha value is -1.73. The Kier molecular flexibility index (Phi) is 5.54. The maximum atomic E-state index is 12.8. The smallest absolute Gasteiger partial charge is 0.254 e. The number of amides is 1. The van der Waals surface area contributed by atoms with E-state index in [1.807, 2.05) is 4.90 Å². The highest BCUT2D eigenvalue weighted by atomic mass is 16.5. The van der Waals surface area contributed by atoms with Crippen molar-refractivity contribution >= 4 is 5.91 Å². The number of ether oxygens (including phenoxy) is 1. The van der Waals surface area contributed by atoms with Gasteiger partial charge in [-0.05, 0) is 19.8 Å². The molecule has 2 saturated heterocycles. The zero-order valence-electron chi connectivity index (χ0n) is 15.4. The van der Waals surface area contributed by atoms with E-state index in [9.17, 15) is 9.59 Å². The Bertz CT molecular complexity index is 681. The van der Waals surface area contributed by atoms with Gasteiger partial charge < -0.3 is 14.6 Å². The maximum absolute atomic E-state index is 12.8. The van der Waals surface area contributed by atoms with Crippen LogP contribution in [0.5, 0.6) is 0 Å². The van der Waals surface area contributed by atoms with Gasteiger partial charge in [-0.2, -0.15) is 0 Å². The van der Waals surface area contributed by atoms with Crippen molar-refractivity contribution in [3.8, 4) is 0 Å². The molecule has 25 heavy (non-hydrogen) atoms. The Morgan fingerprint density at radius 3 is 2.64 bits per heavy atom. The minimum Gasteiger partial charge on any atom is -0.379 e. The largest absolute Gasteiger partial charge is 0.379 e. The number of likely N-dealkylation sites (tertiary alicyclic amines) is 1. The summed E-state index contributed by atoms with van der Waals surface area (Å²) >= 11 is 0. The molecule has 1 N–H and O–H groups in total. The van der Waals surface area contributed by atoms with Crippen molar-refractivity contribution in [3.05, 3.63) is 27.4 Å². The maximum Gasteiger partial charge on any atom is 0.254 e. The van der Waals surface area contributed by atoms with E-state index in [4.69, 9.17) is 4.74 Å². The molecule has 0 bridgehead atoms. The Balaban J connectivity index is 1.70. The quantitative estimate of drug-likeness (QED) is 0.857. The number of hydrogen-bond donors (Lipinski definition) is 1. The number of nitrogens with zero attached hydrogens (tertiary/aromatic N) is 3. The van der Waals surface area contributed by atoms with Crippen LogP contribution < -0.4 is 5.56 Å². The Morgan fingerprint density at radius 1 is 1.28 bits per heavy atom. The molecule has 3 heterocycles. The number of nitrogens with one attached hydrogen (secondary N) is 1. The number of rotatable bonds is 4. The zero-order valence-corrected chi connectivity index (χ0v) is 15.4. The molecule has 0 saturated carbocycles. The van der Waals surface area contributed by atoms with Crippen molar-refractivity contribution in [3.63, 3.8) is 0 Å². The Labute approximate surface area is 148 Å². The van der Waals surface area contributed by atoms with Gasteiger partial charge in [-0.15, -0.1) is 0 Å². The number of carbonyl (C=O) groups excluding carboxylic acids is 1. The molecule has 7 heteroatoms. The van der Waals surface area contributed by atoms with Crippen molar-refractivity contribution in [2.45, 2.75) is 39.7 Å². The number of H-pyrrole nitrogens is 1. The lowest BCUT2D eigenvalue weighted by molar-refractivity contribution is -0.129. The fourth-order valence-corrected chi connectivity index (χ4v) is 4.00. The minimum absolute atomic E-state index is 0.0217. The summed E-state index contributed by atoms with van der Waals surface area (Å²) in [5, 5.41) is 0. The summed E-state index contributed by atoms with van der Waals surface area (Å²) in [7, 11) is 0. The van der Waals surface area contributed by atoms with Crippen LogP contribution in [0.4, 0.5) is 0 Å². The first-order valence-electron chi connectivity index (χ1n) is 9.15. The monoisotopic (exact) mass is 348 g/mol. The van der Waals surface area contributed by atoms with Gasteiger partial charge in [0, 0.05) is 43.5 Å². The standard InChI is InChI=1S/C18H28N4O3/c1-4-14-10-22(11-16(14)21-5-7-25-8-6-21)17(23)9-15-12(2)19-13(3)20-18(15)24/h14,16H,4-11H2,1-3H3,(H,19,20,24)/t14-,16+/m1/s1. The van der Waals surface area contributed by atoms with Crippen LogP contribution in [0.25, 0.3) is 0 Å². The predicted molar refractivity (Wildman–Crippen MR) is 94.6 cm³/mol. The number of aromatic amines is 1. The third kappa shape index (κ3) is 3.93. The average molecular weight is 348 g/mol. The average Bonchev–Trinajstić information content (AvgIpc) is 3.03. The normalized spacial score (nSPS) is 24.7. The molecule has 2 aliphatic rings. The molecular formula is C18H28N4O3. The van der Waals surface area contributed by atoms with Crippen molar-refractivity contribution in [1.82, 2.24) is 19.8 Å². The summed E-state index contributed by atoms with van der Waals surface area (Å²) in [6, 6.07) is 0.397. The first-order chi connectivity index (χ1) is 12.0. The van der Waals surface area contributed by atoms with Crippen LogP contribution in [0.15, 0.2) is 4.79 Å². The molecule has 7 nitrogen and oxygen atoms in total. The van der Waals surface area contributed by atoms with E-state index >= 15 is 0 Å². The van der Waals surface area contributed by atoms with Crippen molar-refractivity contribution < 1.29 is 9.53 Å². The molecule has 2 fully saturated rings. The van der Waals surface area contributed by atoms with Gasteiger partial charge in [-0.25, -0.2) is 4.98 Å². The third-order valence-corrected chi connectivity index (χ3v) is 5.47. The second-order valence-electron chi connectivity index (χ2n) is 7.07. The summed E-state index contributed by atoms with van der Waals surface area (Å²) in [5.74, 6) is 1.09. The molecule has 0 radical (unpaired) electrons. The number of hydrogen-bond acceptors (Lipinski definition) is 5. The SMILES string of the molecule is CC[C@@H]1CN(C(=O)Cc2c(C)nc(C)[nH]c2=O)C[C@@H]1N1CCOCC1. The second kappa shape index (κ2) is 7.66. The first-order valence-corrected chi connectivity index (χ1v) is 9.15. The molecule has 1 aromatic rings. The molecule has 1 aromatic heterocycles. The molecule has 0 aliphatic carbocycles. The first kappa shape index (κ1) is 18.1. The van der Waals surface area contributed by atoms with Crippen LogP contribution in [-0.2, 0) is 16.0 Å². The summed E-state index contributed by atoms with van der Waals surface area (Å²) in [6.07, 6.45) is 1.18. The van der Waals surface area contributed by atoms with Gasteiger partial charge in [0.2, 0.25) is 5.91 Å². The molecule has 3 rings (SSSR count). The third-order valence-electron chi connectivity index (χ3n) is 5.47. The molecule has 2 atom stereocenters. The van der Waals surface area contributed by atoms with Crippen LogP contribution in [0.3, 0.4) is 0 Å². The van der Waals surface area contributed by atoms with Gasteiger partial charge in [0.25, 0.3) is 5.56 Å². The lowest BCUT2D eigenvalue weighted by Crippen LogP contribution is -2.47. The van der Waals surface area contributed by atoms with Gasteiger partial charge in [-0.1, -0.05) is 13.3 Å². The summed E-state index contributed by atoms with van der Waals surface area (Å²) in [5.41, 5.74) is 0.929. The van der Waals surface area contributed by atoms with Gasteiger partial charge in [0.05, 0.1) is 19.6 Å². The fourth-order valence-electron chi connectivity index (χ4n) is 4.00. The van der Waals surface area contributed by atoms with E-state index in [0.29, 0.717) is 29.0 Å². The summed E-state index contributed by atoms with van der Waals surface area (Å²) in [4.78, 5) is 36.3. The fraction of sp³-hybridized carbons (Fsp3) is 0.722. The molecule has 0 aromatic carbocycles. The van der Waals surface area contributed by atoms with E-state index in [1.165, 1.54) is 0 Å². The number of aryl methyl sites for hydroxylation is 2. The van der Waals surface area contributed by atoms with Gasteiger partial charge in [-0.3, -0.25) is 14.5 Å². The van der Waals surface area contributed by atoms with Crippen LogP contribution in [0, 0.1) is 19.8 Å². The van der Waals surface area contributed by atoms with Crippen molar-refractivity contribution in [1.29, 1.82) is 0 Å². The predicted octanol–water partition coefficient (Wildman–Crippen LogP) is 0.498. The highest BCUT2D eigenvalue weighted by Crippen LogP contribution is 2.26. The lowest BCUT2D eigenvalue weighted by atomic mass is 9.99. The van der Waals surface area contributed by atoms with Gasteiger partial charge in [0.1, 0.15) is 5.82 Å². The van der Waals surface area contributed by atoms with E-state index in [2.05, 4.69) is 21.8 Å². The lowest BCUT2D eigenvalue weighted by Gasteiger charge is -2.34. The topological polar surface area (TPSA) is 78.5 Å². The second-order valence-corrected chi connectivity index (χ2v) is 7.07. The number of morpholine rings is 1. The molecule has 1 amide bonds. The van der Waals surface area contributed by atoms with Crippen molar-refractivity contribution in [2.24, 2.45) is 5.92 Å². The van der Waals surface area contributed by atoms with Crippen LogP contribution in [-0.4, -0.2) is 71.1 Å². The van der Waals surface area contributed by atoms with E-state index in [-0.39, 0.29) is 17.9 Å². The van der Waals surface area contributed by atoms with Gasteiger partial charge in [0.15, 0.2) is 0 Å². The van der Waals surface area contributed by atoms with E-state index in [1.54, 1.807) is 13.8 Å². The van der Waals surface area contributed by atoms with Crippen molar-refractivity contribution in [2.75, 3.05) is 39.4 Å². The highest BCUT2D eigenvalue weighted by molar-refractivity contribution is 5.79. The number of aromatic nitrogens is 2. The van der Waals surface area contributed by atoms with Crippen LogP contribution >= 0.6 is 0 Å². The minimum atomic E-state index is -0.200. The summed E-state index contributed by atoms with van der Waals surface area (Å²) < 4.78 is 5.45. The van der Waals surface area contributed by atoms with Gasteiger partial charge >= 0.3 is 0 Å². The molecule has 0 unspecified atom stereocenters. The molecule has 0 spiro atoms. The Morgan fingerprint density at radius 2 is 2.00 bits per heavy atom. The van der Waals surface area contributed by atoms with E-state index < -0.39 is 0 Å². The highest BCUT2D eigenvalue weighted by Gasteiger charge is 2.38. The molecule has 2 aliphatic heterocycles. The van der Waals surface area contributed by atoms with E-state index in [0.717, 1.165) is 45.8 Å². The molecule has 138 valence electrons. The number of carbonyl (C=O) groups is 1. The summed E-state index contributed by atoms with van der Waals surface area (Å²) in [6.45, 7) is 10.6. The molecular weight excluding hydrogens is 320 g/mol. The van der Waals surface area contributed by atoms with Crippen LogP contribution in [0.2, 0.25) is 0 Å². The zero-order chi connectivity index (χ0) is 18.0.